The number of hydrogen-bond acceptors (Lipinski definition) is 5. The highest BCUT2D eigenvalue weighted by molar-refractivity contribution is 5.93. The number of rotatable bonds is 6. The lowest BCUT2D eigenvalue weighted by Gasteiger charge is -2.13. The van der Waals surface area contributed by atoms with Crippen molar-refractivity contribution in [1.82, 2.24) is 10.1 Å². The molecule has 6 nitrogen and oxygen atoms in total. The van der Waals surface area contributed by atoms with Crippen LogP contribution in [0, 0.1) is 19.7 Å². The Hall–Kier alpha value is -4.00. The molecule has 7 heteroatoms. The van der Waals surface area contributed by atoms with E-state index >= 15 is 0 Å². The molecule has 0 saturated carbocycles. The van der Waals surface area contributed by atoms with E-state index < -0.39 is 0 Å². The quantitative estimate of drug-likeness (QED) is 0.468. The predicted octanol–water partition coefficient (Wildman–Crippen LogP) is 5.18. The number of aromatic nitrogens is 2. The zero-order chi connectivity index (χ0) is 21.8. The van der Waals surface area contributed by atoms with Gasteiger partial charge in [0.1, 0.15) is 11.6 Å². The van der Waals surface area contributed by atoms with Gasteiger partial charge in [0, 0.05) is 11.3 Å². The van der Waals surface area contributed by atoms with Gasteiger partial charge in [0.25, 0.3) is 11.8 Å². The van der Waals surface area contributed by atoms with Crippen LogP contribution in [0.2, 0.25) is 0 Å². The van der Waals surface area contributed by atoms with Crippen LogP contribution >= 0.6 is 0 Å². The van der Waals surface area contributed by atoms with Crippen LogP contribution in [0.1, 0.15) is 11.1 Å². The van der Waals surface area contributed by atoms with Gasteiger partial charge < -0.3 is 14.6 Å². The molecule has 0 saturated heterocycles. The lowest BCUT2D eigenvalue weighted by atomic mass is 10.1. The highest BCUT2D eigenvalue weighted by Crippen LogP contribution is 2.30. The van der Waals surface area contributed by atoms with Crippen molar-refractivity contribution in [2.75, 3.05) is 11.9 Å². The van der Waals surface area contributed by atoms with E-state index in [0.717, 1.165) is 16.8 Å². The van der Waals surface area contributed by atoms with Gasteiger partial charge in [-0.1, -0.05) is 35.5 Å². The van der Waals surface area contributed by atoms with Gasteiger partial charge in [-0.15, -0.1) is 0 Å². The average molecular weight is 417 g/mol. The summed E-state index contributed by atoms with van der Waals surface area (Å²) in [4.78, 5) is 16.8. The van der Waals surface area contributed by atoms with Gasteiger partial charge >= 0.3 is 0 Å². The van der Waals surface area contributed by atoms with Crippen molar-refractivity contribution >= 4 is 11.6 Å². The van der Waals surface area contributed by atoms with Gasteiger partial charge in [-0.2, -0.15) is 4.98 Å². The molecular weight excluding hydrogens is 397 g/mol. The fourth-order valence-electron chi connectivity index (χ4n) is 3.15. The lowest BCUT2D eigenvalue weighted by Crippen LogP contribution is -2.21. The number of amides is 1. The lowest BCUT2D eigenvalue weighted by molar-refractivity contribution is -0.118. The first-order chi connectivity index (χ1) is 15.0. The van der Waals surface area contributed by atoms with E-state index in [9.17, 15) is 9.18 Å². The summed E-state index contributed by atoms with van der Waals surface area (Å²) in [6.07, 6.45) is 0. The van der Waals surface area contributed by atoms with Crippen molar-refractivity contribution in [1.29, 1.82) is 0 Å². The first-order valence-corrected chi connectivity index (χ1v) is 9.69. The van der Waals surface area contributed by atoms with Crippen LogP contribution in [0.15, 0.2) is 71.3 Å². The number of halogens is 1. The van der Waals surface area contributed by atoms with E-state index in [1.165, 1.54) is 12.1 Å². The fourth-order valence-corrected chi connectivity index (χ4v) is 3.15. The Labute approximate surface area is 178 Å². The summed E-state index contributed by atoms with van der Waals surface area (Å²) in [5, 5.41) is 6.85. The maximum absolute atomic E-state index is 13.1. The minimum Gasteiger partial charge on any atom is -0.483 e. The molecule has 1 N–H and O–H groups in total. The summed E-state index contributed by atoms with van der Waals surface area (Å²) in [5.74, 6) is 0.395. The SMILES string of the molecule is Cc1cccc(C)c1NC(=O)COc1ccccc1-c1nc(-c2ccc(F)cc2)no1. The molecule has 0 spiro atoms. The second kappa shape index (κ2) is 8.79. The minimum atomic E-state index is -0.342. The second-order valence-corrected chi connectivity index (χ2v) is 7.03. The first-order valence-electron chi connectivity index (χ1n) is 9.69. The third-order valence-electron chi connectivity index (χ3n) is 4.75. The third kappa shape index (κ3) is 4.61. The number of para-hydroxylation sites is 2. The van der Waals surface area contributed by atoms with Crippen LogP contribution in [0.25, 0.3) is 22.8 Å². The van der Waals surface area contributed by atoms with Crippen molar-refractivity contribution < 1.29 is 18.4 Å². The second-order valence-electron chi connectivity index (χ2n) is 7.03. The van der Waals surface area contributed by atoms with Gasteiger partial charge in [-0.3, -0.25) is 4.79 Å². The zero-order valence-electron chi connectivity index (χ0n) is 17.1. The summed E-state index contributed by atoms with van der Waals surface area (Å²) in [6.45, 7) is 3.70. The highest BCUT2D eigenvalue weighted by Gasteiger charge is 2.16. The number of carbonyl (C=O) groups excluding carboxylic acids is 1. The van der Waals surface area contributed by atoms with Gasteiger partial charge in [-0.05, 0) is 61.4 Å². The van der Waals surface area contributed by atoms with Gasteiger partial charge in [-0.25, -0.2) is 4.39 Å². The molecule has 156 valence electrons. The summed E-state index contributed by atoms with van der Waals surface area (Å²) in [5.41, 5.74) is 3.93. The molecule has 4 aromatic rings. The van der Waals surface area contributed by atoms with E-state index in [-0.39, 0.29) is 24.2 Å². The van der Waals surface area contributed by atoms with Gasteiger partial charge in [0.05, 0.1) is 5.56 Å². The molecule has 0 aliphatic rings. The predicted molar refractivity (Wildman–Crippen MR) is 115 cm³/mol. The molecule has 0 radical (unpaired) electrons. The molecule has 1 amide bonds. The molecule has 0 fully saturated rings. The summed E-state index contributed by atoms with van der Waals surface area (Å²) < 4.78 is 24.3. The number of benzene rings is 3. The van der Waals surface area contributed by atoms with Crippen LogP contribution in [0.5, 0.6) is 5.75 Å². The molecule has 31 heavy (non-hydrogen) atoms. The number of anilines is 1. The average Bonchev–Trinajstić information content (AvgIpc) is 3.26. The van der Waals surface area contributed by atoms with Crippen molar-refractivity contribution in [3.05, 3.63) is 83.7 Å². The summed E-state index contributed by atoms with van der Waals surface area (Å²) in [7, 11) is 0. The van der Waals surface area contributed by atoms with E-state index in [4.69, 9.17) is 9.26 Å². The molecule has 0 unspecified atom stereocenters. The first kappa shape index (κ1) is 20.3. The number of ether oxygens (including phenoxy) is 1. The van der Waals surface area contributed by atoms with E-state index in [1.807, 2.05) is 32.0 Å². The Kier molecular flexibility index (Phi) is 5.75. The maximum atomic E-state index is 13.1. The monoisotopic (exact) mass is 417 g/mol. The molecule has 0 aliphatic carbocycles. The van der Waals surface area contributed by atoms with E-state index in [0.29, 0.717) is 22.7 Å². The van der Waals surface area contributed by atoms with Crippen LogP contribution < -0.4 is 10.1 Å². The number of hydrogen-bond donors (Lipinski definition) is 1. The molecule has 4 rings (SSSR count). The van der Waals surface area contributed by atoms with Crippen molar-refractivity contribution in [3.8, 4) is 28.6 Å². The van der Waals surface area contributed by atoms with Gasteiger partial charge in [0.2, 0.25) is 5.82 Å². The van der Waals surface area contributed by atoms with E-state index in [2.05, 4.69) is 15.5 Å². The third-order valence-corrected chi connectivity index (χ3v) is 4.75. The fraction of sp³-hybridized carbons (Fsp3) is 0.125. The Morgan fingerprint density at radius 1 is 1.00 bits per heavy atom. The van der Waals surface area contributed by atoms with Crippen LogP contribution in [-0.4, -0.2) is 22.7 Å². The van der Waals surface area contributed by atoms with Crippen molar-refractivity contribution in [2.45, 2.75) is 13.8 Å². The van der Waals surface area contributed by atoms with Crippen LogP contribution in [-0.2, 0) is 4.79 Å². The number of carbonyl (C=O) groups is 1. The highest BCUT2D eigenvalue weighted by atomic mass is 19.1. The van der Waals surface area contributed by atoms with Crippen molar-refractivity contribution in [2.24, 2.45) is 0 Å². The van der Waals surface area contributed by atoms with Crippen molar-refractivity contribution in [3.63, 3.8) is 0 Å². The Morgan fingerprint density at radius 2 is 1.71 bits per heavy atom. The molecule has 1 aromatic heterocycles. The normalized spacial score (nSPS) is 10.7. The summed E-state index contributed by atoms with van der Waals surface area (Å²) in [6, 6.07) is 18.7. The molecular formula is C24H20FN3O3. The molecule has 0 aliphatic heterocycles. The Bertz CT molecular complexity index is 1200. The molecule has 0 bridgehead atoms. The van der Waals surface area contributed by atoms with Gasteiger partial charge in [0.15, 0.2) is 6.61 Å². The molecule has 3 aromatic carbocycles. The minimum absolute atomic E-state index is 0.177. The molecule has 1 heterocycles. The number of nitrogens with one attached hydrogen (secondary N) is 1. The summed E-state index contributed by atoms with van der Waals surface area (Å²) >= 11 is 0. The number of nitrogens with zero attached hydrogens (tertiary/aromatic N) is 2. The largest absolute Gasteiger partial charge is 0.483 e. The van der Waals surface area contributed by atoms with Crippen LogP contribution in [0.4, 0.5) is 10.1 Å². The van der Waals surface area contributed by atoms with E-state index in [1.54, 1.807) is 36.4 Å². The zero-order valence-corrected chi connectivity index (χ0v) is 17.1. The Morgan fingerprint density at radius 3 is 2.45 bits per heavy atom. The number of aryl methyl sites for hydroxylation is 2. The topological polar surface area (TPSA) is 77.2 Å². The maximum Gasteiger partial charge on any atom is 0.262 e. The van der Waals surface area contributed by atoms with Crippen LogP contribution in [0.3, 0.4) is 0 Å². The molecule has 0 atom stereocenters. The Balaban J connectivity index is 1.49. The smallest absolute Gasteiger partial charge is 0.262 e. The standard InChI is InChI=1S/C24H20FN3O3/c1-15-6-5-7-16(2)22(15)26-21(29)14-30-20-9-4-3-8-19(20)24-27-23(28-31-24)17-10-12-18(25)13-11-17/h3-13H,14H2,1-2H3,(H,26,29).